The van der Waals surface area contributed by atoms with Crippen molar-refractivity contribution < 1.29 is 4.74 Å². The van der Waals surface area contributed by atoms with Gasteiger partial charge in [-0.05, 0) is 59.0 Å². The van der Waals surface area contributed by atoms with Crippen molar-refractivity contribution in [2.45, 2.75) is 64.5 Å². The lowest BCUT2D eigenvalue weighted by Gasteiger charge is -2.38. The second-order valence-corrected chi connectivity index (χ2v) is 5.78. The molecule has 2 N–H and O–H groups in total. The summed E-state index contributed by atoms with van der Waals surface area (Å²) in [5.41, 5.74) is 6.00. The van der Waals surface area contributed by atoms with Crippen LogP contribution in [0.25, 0.3) is 0 Å². The van der Waals surface area contributed by atoms with Crippen molar-refractivity contribution in [1.82, 2.24) is 4.90 Å². The fraction of sp³-hybridized carbons (Fsp3) is 1.00. The Balaban J connectivity index is 2.28. The lowest BCUT2D eigenvalue weighted by molar-refractivity contribution is 0.0858. The van der Waals surface area contributed by atoms with E-state index in [1.54, 1.807) is 0 Å². The van der Waals surface area contributed by atoms with Gasteiger partial charge in [0.05, 0.1) is 6.10 Å². The summed E-state index contributed by atoms with van der Waals surface area (Å²) in [6, 6.07) is 0. The lowest BCUT2D eigenvalue weighted by Crippen LogP contribution is -2.50. The van der Waals surface area contributed by atoms with Crippen molar-refractivity contribution in [3.8, 4) is 0 Å². The third-order valence-electron chi connectivity index (χ3n) is 3.83. The fourth-order valence-corrected chi connectivity index (χ4v) is 2.50. The maximum Gasteiger partial charge on any atom is 0.0576 e. The van der Waals surface area contributed by atoms with E-state index in [0.717, 1.165) is 26.2 Å². The van der Waals surface area contributed by atoms with Crippen LogP contribution in [0.5, 0.6) is 0 Å². The predicted molar refractivity (Wildman–Crippen MR) is 73.2 cm³/mol. The van der Waals surface area contributed by atoms with Crippen molar-refractivity contribution in [2.75, 3.05) is 26.2 Å². The molecule has 0 aromatic rings. The van der Waals surface area contributed by atoms with Gasteiger partial charge < -0.3 is 10.5 Å². The van der Waals surface area contributed by atoms with Crippen molar-refractivity contribution >= 4 is 0 Å². The number of ether oxygens (including phenoxy) is 1. The second-order valence-electron chi connectivity index (χ2n) is 5.78. The van der Waals surface area contributed by atoms with Crippen LogP contribution >= 0.6 is 0 Å². The molecule has 0 aliphatic carbocycles. The molecule has 1 aliphatic heterocycles. The van der Waals surface area contributed by atoms with Gasteiger partial charge in [0.2, 0.25) is 0 Å². The summed E-state index contributed by atoms with van der Waals surface area (Å²) in [5, 5.41) is 0. The molecule has 102 valence electrons. The Morgan fingerprint density at radius 3 is 2.65 bits per heavy atom. The third kappa shape index (κ3) is 4.94. The smallest absolute Gasteiger partial charge is 0.0576 e. The van der Waals surface area contributed by atoms with E-state index in [9.17, 15) is 0 Å². The summed E-state index contributed by atoms with van der Waals surface area (Å²) in [6.07, 6.45) is 6.67. The Morgan fingerprint density at radius 1 is 1.35 bits per heavy atom. The average Bonchev–Trinajstić information content (AvgIpc) is 2.81. The molecule has 1 unspecified atom stereocenters. The second kappa shape index (κ2) is 7.34. The normalized spacial score (nSPS) is 21.4. The van der Waals surface area contributed by atoms with Crippen molar-refractivity contribution in [3.05, 3.63) is 0 Å². The van der Waals surface area contributed by atoms with Gasteiger partial charge in [-0.1, -0.05) is 6.92 Å². The summed E-state index contributed by atoms with van der Waals surface area (Å²) in [4.78, 5) is 2.53. The number of nitrogens with zero attached hydrogens (tertiary/aromatic N) is 1. The van der Waals surface area contributed by atoms with E-state index in [2.05, 4.69) is 25.7 Å². The molecular weight excluding hydrogens is 212 g/mol. The molecule has 0 amide bonds. The van der Waals surface area contributed by atoms with Gasteiger partial charge in [-0.3, -0.25) is 4.90 Å². The molecule has 3 heteroatoms. The topological polar surface area (TPSA) is 38.5 Å². The highest BCUT2D eigenvalue weighted by Gasteiger charge is 2.24. The van der Waals surface area contributed by atoms with Crippen LogP contribution in [-0.4, -0.2) is 42.8 Å². The van der Waals surface area contributed by atoms with Crippen LogP contribution in [-0.2, 0) is 4.74 Å². The Bertz CT molecular complexity index is 200. The third-order valence-corrected chi connectivity index (χ3v) is 3.83. The first-order valence-electron chi connectivity index (χ1n) is 7.17. The quantitative estimate of drug-likeness (QED) is 0.710. The maximum atomic E-state index is 5.86. The largest absolute Gasteiger partial charge is 0.378 e. The zero-order valence-corrected chi connectivity index (χ0v) is 11.9. The first kappa shape index (κ1) is 14.9. The first-order chi connectivity index (χ1) is 8.10. The lowest BCUT2D eigenvalue weighted by atomic mass is 10.0. The molecule has 1 aliphatic rings. The van der Waals surface area contributed by atoms with E-state index >= 15 is 0 Å². The van der Waals surface area contributed by atoms with E-state index in [1.807, 2.05) is 0 Å². The van der Waals surface area contributed by atoms with Crippen LogP contribution in [0.15, 0.2) is 0 Å². The number of rotatable bonds is 8. The zero-order chi connectivity index (χ0) is 12.7. The van der Waals surface area contributed by atoms with E-state index in [-0.39, 0.29) is 5.54 Å². The Labute approximate surface area is 107 Å². The molecule has 17 heavy (non-hydrogen) atoms. The monoisotopic (exact) mass is 242 g/mol. The zero-order valence-electron chi connectivity index (χ0n) is 11.9. The van der Waals surface area contributed by atoms with Gasteiger partial charge in [0.15, 0.2) is 0 Å². The summed E-state index contributed by atoms with van der Waals surface area (Å²) >= 11 is 0. The average molecular weight is 242 g/mol. The van der Waals surface area contributed by atoms with E-state index in [0.29, 0.717) is 6.10 Å². The predicted octanol–water partition coefficient (Wildman–Crippen LogP) is 2.39. The van der Waals surface area contributed by atoms with Crippen molar-refractivity contribution in [3.63, 3.8) is 0 Å². The minimum Gasteiger partial charge on any atom is -0.378 e. The van der Waals surface area contributed by atoms with Gasteiger partial charge in [0.25, 0.3) is 0 Å². The highest BCUT2D eigenvalue weighted by atomic mass is 16.5. The summed E-state index contributed by atoms with van der Waals surface area (Å²) in [5.74, 6) is 0. The molecule has 1 fully saturated rings. The van der Waals surface area contributed by atoms with Gasteiger partial charge in [-0.25, -0.2) is 0 Å². The molecule has 1 saturated heterocycles. The van der Waals surface area contributed by atoms with Crippen LogP contribution in [0.1, 0.15) is 52.9 Å². The highest BCUT2D eigenvalue weighted by molar-refractivity contribution is 4.82. The summed E-state index contributed by atoms with van der Waals surface area (Å²) in [7, 11) is 0. The highest BCUT2D eigenvalue weighted by Crippen LogP contribution is 2.19. The van der Waals surface area contributed by atoms with Crippen molar-refractivity contribution in [1.29, 1.82) is 0 Å². The maximum absolute atomic E-state index is 5.86. The molecule has 0 aromatic heterocycles. The Kier molecular flexibility index (Phi) is 6.45. The van der Waals surface area contributed by atoms with Crippen LogP contribution in [0, 0.1) is 0 Å². The van der Waals surface area contributed by atoms with E-state index in [1.165, 1.54) is 32.1 Å². The molecular formula is C14H30N2O. The SMILES string of the molecule is CCCN(CCCC1CCCO1)C(C)(C)CN. The first-order valence-corrected chi connectivity index (χ1v) is 7.17. The van der Waals surface area contributed by atoms with Crippen LogP contribution < -0.4 is 5.73 Å². The molecule has 0 radical (unpaired) electrons. The fourth-order valence-electron chi connectivity index (χ4n) is 2.50. The van der Waals surface area contributed by atoms with Gasteiger partial charge >= 0.3 is 0 Å². The van der Waals surface area contributed by atoms with Gasteiger partial charge in [0, 0.05) is 18.7 Å². The van der Waals surface area contributed by atoms with Gasteiger partial charge in [-0.2, -0.15) is 0 Å². The Hall–Kier alpha value is -0.120. The van der Waals surface area contributed by atoms with E-state index in [4.69, 9.17) is 10.5 Å². The number of hydrogen-bond donors (Lipinski definition) is 1. The van der Waals surface area contributed by atoms with Crippen molar-refractivity contribution in [2.24, 2.45) is 5.73 Å². The molecule has 1 rings (SSSR count). The van der Waals surface area contributed by atoms with Crippen LogP contribution in [0.2, 0.25) is 0 Å². The summed E-state index contributed by atoms with van der Waals surface area (Å²) in [6.45, 7) is 10.7. The Morgan fingerprint density at radius 2 is 2.12 bits per heavy atom. The number of hydrogen-bond acceptors (Lipinski definition) is 3. The molecule has 0 saturated carbocycles. The van der Waals surface area contributed by atoms with Crippen LogP contribution in [0.4, 0.5) is 0 Å². The van der Waals surface area contributed by atoms with E-state index < -0.39 is 0 Å². The summed E-state index contributed by atoms with van der Waals surface area (Å²) < 4.78 is 5.66. The minimum absolute atomic E-state index is 0.131. The molecule has 0 aromatic carbocycles. The molecule has 0 bridgehead atoms. The number of nitrogens with two attached hydrogens (primary N) is 1. The van der Waals surface area contributed by atoms with Gasteiger partial charge in [0.1, 0.15) is 0 Å². The molecule has 0 spiro atoms. The molecule has 1 atom stereocenters. The van der Waals surface area contributed by atoms with Gasteiger partial charge in [-0.15, -0.1) is 0 Å². The standard InChI is InChI=1S/C14H30N2O/c1-4-9-16(14(2,3)12-15)10-5-7-13-8-6-11-17-13/h13H,4-12,15H2,1-3H3. The molecule has 1 heterocycles. The van der Waals surface area contributed by atoms with Crippen LogP contribution in [0.3, 0.4) is 0 Å². The minimum atomic E-state index is 0.131. The molecule has 3 nitrogen and oxygen atoms in total.